The SMILES string of the molecule is NC(=O)c1ccc(NC(=O)c2cccc(S(=O)(=O)NCc3cccs3)c2)cc1. The van der Waals surface area contributed by atoms with E-state index in [4.69, 9.17) is 5.73 Å². The zero-order chi connectivity index (χ0) is 20.1. The smallest absolute Gasteiger partial charge is 0.255 e. The number of anilines is 1. The van der Waals surface area contributed by atoms with Gasteiger partial charge in [-0.05, 0) is 53.9 Å². The monoisotopic (exact) mass is 415 g/mol. The summed E-state index contributed by atoms with van der Waals surface area (Å²) in [5.41, 5.74) is 6.15. The van der Waals surface area contributed by atoms with Crippen molar-refractivity contribution in [1.82, 2.24) is 4.72 Å². The summed E-state index contributed by atoms with van der Waals surface area (Å²) in [6, 6.07) is 15.5. The van der Waals surface area contributed by atoms with Crippen molar-refractivity contribution in [3.8, 4) is 0 Å². The molecule has 1 aromatic heterocycles. The summed E-state index contributed by atoms with van der Waals surface area (Å²) >= 11 is 1.45. The molecule has 0 saturated heterocycles. The number of hydrogen-bond acceptors (Lipinski definition) is 5. The van der Waals surface area contributed by atoms with E-state index >= 15 is 0 Å². The summed E-state index contributed by atoms with van der Waals surface area (Å²) in [5.74, 6) is -1.03. The van der Waals surface area contributed by atoms with E-state index in [1.165, 1.54) is 47.7 Å². The number of carbonyl (C=O) groups excluding carboxylic acids is 2. The average molecular weight is 415 g/mol. The minimum absolute atomic E-state index is 0.000725. The van der Waals surface area contributed by atoms with Crippen molar-refractivity contribution in [2.24, 2.45) is 5.73 Å². The van der Waals surface area contributed by atoms with Crippen molar-refractivity contribution < 1.29 is 18.0 Å². The fraction of sp³-hybridized carbons (Fsp3) is 0.0526. The van der Waals surface area contributed by atoms with Crippen molar-refractivity contribution in [2.45, 2.75) is 11.4 Å². The van der Waals surface area contributed by atoms with Gasteiger partial charge in [0.15, 0.2) is 0 Å². The van der Waals surface area contributed by atoms with E-state index in [1.54, 1.807) is 12.1 Å². The summed E-state index contributed by atoms with van der Waals surface area (Å²) in [7, 11) is -3.76. The predicted octanol–water partition coefficient (Wildman–Crippen LogP) is 2.58. The number of nitrogens with one attached hydrogen (secondary N) is 2. The lowest BCUT2D eigenvalue weighted by atomic mass is 10.2. The Kier molecular flexibility index (Phi) is 5.88. The lowest BCUT2D eigenvalue weighted by Crippen LogP contribution is -2.23. The van der Waals surface area contributed by atoms with Crippen LogP contribution in [-0.4, -0.2) is 20.2 Å². The predicted molar refractivity (Wildman–Crippen MR) is 108 cm³/mol. The molecule has 2 aromatic carbocycles. The van der Waals surface area contributed by atoms with Crippen molar-refractivity contribution >= 4 is 38.9 Å². The maximum Gasteiger partial charge on any atom is 0.255 e. The van der Waals surface area contributed by atoms with E-state index in [1.807, 2.05) is 17.5 Å². The first-order valence-electron chi connectivity index (χ1n) is 8.18. The molecule has 9 heteroatoms. The van der Waals surface area contributed by atoms with Crippen molar-refractivity contribution in [2.75, 3.05) is 5.32 Å². The van der Waals surface area contributed by atoms with Crippen LogP contribution in [-0.2, 0) is 16.6 Å². The van der Waals surface area contributed by atoms with Gasteiger partial charge in [0.05, 0.1) is 4.90 Å². The molecule has 3 rings (SSSR count). The van der Waals surface area contributed by atoms with Gasteiger partial charge in [0, 0.05) is 28.2 Å². The van der Waals surface area contributed by atoms with Crippen molar-refractivity contribution in [3.63, 3.8) is 0 Å². The van der Waals surface area contributed by atoms with Gasteiger partial charge in [0.2, 0.25) is 15.9 Å². The normalized spacial score (nSPS) is 11.1. The molecular weight excluding hydrogens is 398 g/mol. The highest BCUT2D eigenvalue weighted by atomic mass is 32.2. The molecular formula is C19H17N3O4S2. The maximum atomic E-state index is 12.5. The topological polar surface area (TPSA) is 118 Å². The number of benzene rings is 2. The highest BCUT2D eigenvalue weighted by molar-refractivity contribution is 7.89. The first-order chi connectivity index (χ1) is 13.3. The van der Waals surface area contributed by atoms with Crippen LogP contribution in [0.25, 0.3) is 0 Å². The van der Waals surface area contributed by atoms with Gasteiger partial charge in [0.25, 0.3) is 5.91 Å². The second-order valence-corrected chi connectivity index (χ2v) is 8.63. The Labute approximate surface area is 166 Å². The Morgan fingerprint density at radius 1 is 0.964 bits per heavy atom. The number of carbonyl (C=O) groups is 2. The van der Waals surface area contributed by atoms with E-state index < -0.39 is 21.8 Å². The van der Waals surface area contributed by atoms with Crippen LogP contribution in [0, 0.1) is 0 Å². The van der Waals surface area contributed by atoms with Gasteiger partial charge in [-0.25, -0.2) is 13.1 Å². The number of nitrogens with two attached hydrogens (primary N) is 1. The van der Waals surface area contributed by atoms with Crippen LogP contribution in [0.3, 0.4) is 0 Å². The molecule has 1 heterocycles. The number of rotatable bonds is 7. The fourth-order valence-corrected chi connectivity index (χ4v) is 4.18. The maximum absolute atomic E-state index is 12.5. The van der Waals surface area contributed by atoms with E-state index in [-0.39, 0.29) is 17.0 Å². The summed E-state index contributed by atoms with van der Waals surface area (Å²) in [6.07, 6.45) is 0. The third-order valence-electron chi connectivity index (χ3n) is 3.85. The number of thiophene rings is 1. The van der Waals surface area contributed by atoms with Crippen LogP contribution in [0.2, 0.25) is 0 Å². The minimum Gasteiger partial charge on any atom is -0.366 e. The van der Waals surface area contributed by atoms with E-state index in [0.29, 0.717) is 11.3 Å². The van der Waals surface area contributed by atoms with Crippen LogP contribution in [0.1, 0.15) is 25.6 Å². The average Bonchev–Trinajstić information content (AvgIpc) is 3.21. The molecule has 2 amide bonds. The number of primary amides is 1. The Morgan fingerprint density at radius 3 is 2.36 bits per heavy atom. The number of sulfonamides is 1. The lowest BCUT2D eigenvalue weighted by Gasteiger charge is -2.09. The molecule has 0 bridgehead atoms. The molecule has 0 atom stereocenters. The summed E-state index contributed by atoms with van der Waals surface area (Å²) in [5, 5.41) is 4.52. The highest BCUT2D eigenvalue weighted by Crippen LogP contribution is 2.16. The Morgan fingerprint density at radius 2 is 1.71 bits per heavy atom. The van der Waals surface area contributed by atoms with Crippen LogP contribution >= 0.6 is 11.3 Å². The molecule has 0 aliphatic carbocycles. The summed E-state index contributed by atoms with van der Waals surface area (Å²) in [6.45, 7) is 0.183. The van der Waals surface area contributed by atoms with Gasteiger partial charge < -0.3 is 11.1 Å². The minimum atomic E-state index is -3.76. The van der Waals surface area contributed by atoms with Gasteiger partial charge in [-0.1, -0.05) is 12.1 Å². The van der Waals surface area contributed by atoms with Crippen LogP contribution in [0.15, 0.2) is 70.9 Å². The van der Waals surface area contributed by atoms with Gasteiger partial charge in [0.1, 0.15) is 0 Å². The largest absolute Gasteiger partial charge is 0.366 e. The first-order valence-corrected chi connectivity index (χ1v) is 10.5. The van der Waals surface area contributed by atoms with Crippen LogP contribution in [0.5, 0.6) is 0 Å². The molecule has 4 N–H and O–H groups in total. The molecule has 144 valence electrons. The van der Waals surface area contributed by atoms with Gasteiger partial charge in [-0.15, -0.1) is 11.3 Å². The number of hydrogen-bond donors (Lipinski definition) is 3. The van der Waals surface area contributed by atoms with E-state index in [2.05, 4.69) is 10.0 Å². The van der Waals surface area contributed by atoms with Gasteiger partial charge in [-0.3, -0.25) is 9.59 Å². The zero-order valence-electron chi connectivity index (χ0n) is 14.6. The van der Waals surface area contributed by atoms with Crippen molar-refractivity contribution in [3.05, 3.63) is 82.0 Å². The quantitative estimate of drug-likeness (QED) is 0.549. The Bertz CT molecular complexity index is 1090. The molecule has 0 saturated carbocycles. The zero-order valence-corrected chi connectivity index (χ0v) is 16.2. The molecule has 0 unspecified atom stereocenters. The standard InChI is InChI=1S/C19H17N3O4S2/c20-18(23)13-6-8-15(9-7-13)22-19(24)14-3-1-5-17(11-14)28(25,26)21-12-16-4-2-10-27-16/h1-11,21H,12H2,(H2,20,23)(H,22,24). The molecule has 0 aliphatic rings. The van der Waals surface area contributed by atoms with Crippen LogP contribution < -0.4 is 15.8 Å². The molecule has 28 heavy (non-hydrogen) atoms. The summed E-state index contributed by atoms with van der Waals surface area (Å²) < 4.78 is 27.5. The summed E-state index contributed by atoms with van der Waals surface area (Å²) in [4.78, 5) is 24.4. The third-order valence-corrected chi connectivity index (χ3v) is 6.13. The second kappa shape index (κ2) is 8.34. The fourth-order valence-electron chi connectivity index (χ4n) is 2.39. The molecule has 7 nitrogen and oxygen atoms in total. The first kappa shape index (κ1) is 19.7. The molecule has 0 fully saturated rings. The van der Waals surface area contributed by atoms with E-state index in [0.717, 1.165) is 4.88 Å². The van der Waals surface area contributed by atoms with Crippen LogP contribution in [0.4, 0.5) is 5.69 Å². The Hall–Kier alpha value is -3.01. The van der Waals surface area contributed by atoms with E-state index in [9.17, 15) is 18.0 Å². The number of amides is 2. The van der Waals surface area contributed by atoms with Gasteiger partial charge in [-0.2, -0.15) is 0 Å². The third kappa shape index (κ3) is 4.83. The molecule has 0 aliphatic heterocycles. The lowest BCUT2D eigenvalue weighted by molar-refractivity contribution is 0.0998. The Balaban J connectivity index is 1.72. The van der Waals surface area contributed by atoms with Crippen molar-refractivity contribution in [1.29, 1.82) is 0 Å². The van der Waals surface area contributed by atoms with Gasteiger partial charge >= 0.3 is 0 Å². The molecule has 3 aromatic rings. The molecule has 0 radical (unpaired) electrons. The second-order valence-electron chi connectivity index (χ2n) is 5.83. The molecule has 0 spiro atoms. The highest BCUT2D eigenvalue weighted by Gasteiger charge is 2.16.